The van der Waals surface area contributed by atoms with Gasteiger partial charge in [0.25, 0.3) is 5.91 Å². The first-order valence-corrected chi connectivity index (χ1v) is 7.79. The lowest BCUT2D eigenvalue weighted by Crippen LogP contribution is -2.38. The summed E-state index contributed by atoms with van der Waals surface area (Å²) in [6, 6.07) is 9.45. The summed E-state index contributed by atoms with van der Waals surface area (Å²) in [7, 11) is 0. The number of likely N-dealkylation sites (tertiary alicyclic amines) is 1. The number of hydrogen-bond donors (Lipinski definition) is 0. The van der Waals surface area contributed by atoms with Gasteiger partial charge in [-0.1, -0.05) is 17.3 Å². The normalized spacial score (nSPS) is 16.1. The fraction of sp³-hybridized carbons (Fsp3) is 0.353. The number of benzene rings is 1. The Hall–Kier alpha value is -2.63. The molecule has 1 amide bonds. The van der Waals surface area contributed by atoms with E-state index in [1.807, 2.05) is 29.2 Å². The van der Waals surface area contributed by atoms with Crippen molar-refractivity contribution in [2.45, 2.75) is 25.7 Å². The summed E-state index contributed by atoms with van der Waals surface area (Å²) in [6.07, 6.45) is 1.69. The van der Waals surface area contributed by atoms with E-state index in [1.165, 1.54) is 0 Å². The standard InChI is InChI=1S/C17H17N3O3/c1-11-10-14(19-23-11)17(21)20-8-6-12(7-9-20)16-18-13-4-2-3-5-15(13)22-16/h2-5,10,12H,6-9H2,1H3. The van der Waals surface area contributed by atoms with Gasteiger partial charge in [-0.2, -0.15) is 0 Å². The molecule has 3 heterocycles. The molecule has 0 atom stereocenters. The summed E-state index contributed by atoms with van der Waals surface area (Å²) in [6.45, 7) is 3.13. The highest BCUT2D eigenvalue weighted by atomic mass is 16.5. The van der Waals surface area contributed by atoms with Gasteiger partial charge >= 0.3 is 0 Å². The molecule has 2 aromatic heterocycles. The summed E-state index contributed by atoms with van der Waals surface area (Å²) in [5.41, 5.74) is 2.08. The molecule has 6 nitrogen and oxygen atoms in total. The molecule has 1 aliphatic heterocycles. The Labute approximate surface area is 133 Å². The molecule has 0 bridgehead atoms. The minimum absolute atomic E-state index is 0.0714. The molecule has 23 heavy (non-hydrogen) atoms. The average Bonchev–Trinajstić information content (AvgIpc) is 3.20. The number of piperidine rings is 1. The maximum Gasteiger partial charge on any atom is 0.276 e. The van der Waals surface area contributed by atoms with Crippen LogP contribution in [0.25, 0.3) is 11.1 Å². The third-order valence-corrected chi connectivity index (χ3v) is 4.29. The molecule has 0 N–H and O–H groups in total. The van der Waals surface area contributed by atoms with Crippen molar-refractivity contribution in [2.75, 3.05) is 13.1 Å². The number of carbonyl (C=O) groups excluding carboxylic acids is 1. The van der Waals surface area contributed by atoms with Gasteiger partial charge < -0.3 is 13.8 Å². The van der Waals surface area contributed by atoms with E-state index in [0.29, 0.717) is 24.5 Å². The molecule has 1 aromatic carbocycles. The number of rotatable bonds is 2. The number of para-hydroxylation sites is 2. The van der Waals surface area contributed by atoms with E-state index in [1.54, 1.807) is 13.0 Å². The Bertz CT molecular complexity index is 811. The van der Waals surface area contributed by atoms with Crippen LogP contribution in [0.15, 0.2) is 39.3 Å². The number of nitrogens with zero attached hydrogens (tertiary/aromatic N) is 3. The Morgan fingerprint density at radius 3 is 2.74 bits per heavy atom. The van der Waals surface area contributed by atoms with Crippen LogP contribution < -0.4 is 0 Å². The highest BCUT2D eigenvalue weighted by Gasteiger charge is 2.28. The number of fused-ring (bicyclic) bond motifs is 1. The Kier molecular flexibility index (Phi) is 3.37. The van der Waals surface area contributed by atoms with Crippen molar-refractivity contribution in [1.29, 1.82) is 0 Å². The lowest BCUT2D eigenvalue weighted by Gasteiger charge is -2.29. The highest BCUT2D eigenvalue weighted by Crippen LogP contribution is 2.30. The summed E-state index contributed by atoms with van der Waals surface area (Å²) in [5.74, 6) is 1.61. The Morgan fingerprint density at radius 2 is 2.04 bits per heavy atom. The molecule has 0 aliphatic carbocycles. The van der Waals surface area contributed by atoms with E-state index in [-0.39, 0.29) is 11.8 Å². The van der Waals surface area contributed by atoms with Crippen LogP contribution in [0, 0.1) is 6.92 Å². The van der Waals surface area contributed by atoms with Gasteiger partial charge in [0.15, 0.2) is 17.2 Å². The molecule has 3 aromatic rings. The van der Waals surface area contributed by atoms with Crippen LogP contribution in [0.5, 0.6) is 0 Å². The zero-order valence-electron chi connectivity index (χ0n) is 12.9. The van der Waals surface area contributed by atoms with Gasteiger partial charge in [-0.05, 0) is 31.9 Å². The largest absolute Gasteiger partial charge is 0.440 e. The van der Waals surface area contributed by atoms with Crippen molar-refractivity contribution in [1.82, 2.24) is 15.0 Å². The van der Waals surface area contributed by atoms with Crippen LogP contribution in [-0.4, -0.2) is 34.0 Å². The summed E-state index contributed by atoms with van der Waals surface area (Å²) in [4.78, 5) is 18.7. The SMILES string of the molecule is Cc1cc(C(=O)N2CCC(c3nc4ccccc4o3)CC2)no1. The van der Waals surface area contributed by atoms with Crippen LogP contribution >= 0.6 is 0 Å². The summed E-state index contributed by atoms with van der Waals surface area (Å²) >= 11 is 0. The first-order chi connectivity index (χ1) is 11.2. The molecule has 4 rings (SSSR count). The minimum atomic E-state index is -0.0714. The van der Waals surface area contributed by atoms with Crippen LogP contribution in [0.1, 0.15) is 40.9 Å². The van der Waals surface area contributed by atoms with Crippen LogP contribution in [-0.2, 0) is 0 Å². The van der Waals surface area contributed by atoms with Crippen molar-refractivity contribution < 1.29 is 13.7 Å². The van der Waals surface area contributed by atoms with Crippen molar-refractivity contribution in [3.8, 4) is 0 Å². The smallest absolute Gasteiger partial charge is 0.276 e. The predicted octanol–water partition coefficient (Wildman–Crippen LogP) is 3.14. The van der Waals surface area contributed by atoms with Crippen LogP contribution in [0.4, 0.5) is 0 Å². The lowest BCUT2D eigenvalue weighted by molar-refractivity contribution is 0.0696. The average molecular weight is 311 g/mol. The summed E-state index contributed by atoms with van der Waals surface area (Å²) < 4.78 is 10.8. The number of aromatic nitrogens is 2. The lowest BCUT2D eigenvalue weighted by atomic mass is 9.96. The zero-order valence-corrected chi connectivity index (χ0v) is 12.9. The third kappa shape index (κ3) is 2.60. The van der Waals surface area contributed by atoms with E-state index >= 15 is 0 Å². The maximum atomic E-state index is 12.4. The molecule has 6 heteroatoms. The van der Waals surface area contributed by atoms with E-state index in [9.17, 15) is 4.79 Å². The maximum absolute atomic E-state index is 12.4. The van der Waals surface area contributed by atoms with E-state index in [0.717, 1.165) is 29.8 Å². The van der Waals surface area contributed by atoms with Gasteiger partial charge in [-0.25, -0.2) is 4.98 Å². The van der Waals surface area contributed by atoms with Crippen molar-refractivity contribution in [3.05, 3.63) is 47.7 Å². The zero-order chi connectivity index (χ0) is 15.8. The van der Waals surface area contributed by atoms with E-state index < -0.39 is 0 Å². The molecular formula is C17H17N3O3. The minimum Gasteiger partial charge on any atom is -0.440 e. The molecule has 0 spiro atoms. The van der Waals surface area contributed by atoms with Gasteiger partial charge in [-0.3, -0.25) is 4.79 Å². The highest BCUT2D eigenvalue weighted by molar-refractivity contribution is 5.92. The quantitative estimate of drug-likeness (QED) is 0.727. The monoisotopic (exact) mass is 311 g/mol. The second-order valence-electron chi connectivity index (χ2n) is 5.91. The van der Waals surface area contributed by atoms with Crippen molar-refractivity contribution in [2.24, 2.45) is 0 Å². The first-order valence-electron chi connectivity index (χ1n) is 7.79. The van der Waals surface area contributed by atoms with Crippen molar-refractivity contribution >= 4 is 17.0 Å². The van der Waals surface area contributed by atoms with Gasteiger partial charge in [0, 0.05) is 25.1 Å². The van der Waals surface area contributed by atoms with Gasteiger partial charge in [-0.15, -0.1) is 0 Å². The number of aryl methyl sites for hydroxylation is 1. The van der Waals surface area contributed by atoms with E-state index in [2.05, 4.69) is 10.1 Å². The fourth-order valence-corrected chi connectivity index (χ4v) is 3.02. The number of amides is 1. The van der Waals surface area contributed by atoms with Gasteiger partial charge in [0.2, 0.25) is 0 Å². The number of hydrogen-bond acceptors (Lipinski definition) is 5. The van der Waals surface area contributed by atoms with Gasteiger partial charge in [0.05, 0.1) is 0 Å². The Morgan fingerprint density at radius 1 is 1.26 bits per heavy atom. The molecule has 0 unspecified atom stereocenters. The van der Waals surface area contributed by atoms with Crippen molar-refractivity contribution in [3.63, 3.8) is 0 Å². The number of oxazole rings is 1. The van der Waals surface area contributed by atoms with E-state index in [4.69, 9.17) is 8.94 Å². The predicted molar refractivity (Wildman–Crippen MR) is 83.1 cm³/mol. The summed E-state index contributed by atoms with van der Waals surface area (Å²) in [5, 5.41) is 3.80. The molecule has 118 valence electrons. The number of carbonyl (C=O) groups is 1. The topological polar surface area (TPSA) is 72.4 Å². The molecule has 1 aliphatic rings. The molecule has 1 saturated heterocycles. The Balaban J connectivity index is 1.45. The molecular weight excluding hydrogens is 294 g/mol. The fourth-order valence-electron chi connectivity index (χ4n) is 3.02. The molecule has 0 saturated carbocycles. The van der Waals surface area contributed by atoms with Crippen LogP contribution in [0.3, 0.4) is 0 Å². The molecule has 1 fully saturated rings. The third-order valence-electron chi connectivity index (χ3n) is 4.29. The first kappa shape index (κ1) is 14.0. The second kappa shape index (κ2) is 5.53. The second-order valence-corrected chi connectivity index (χ2v) is 5.91. The molecule has 0 radical (unpaired) electrons. The van der Waals surface area contributed by atoms with Crippen LogP contribution in [0.2, 0.25) is 0 Å². The van der Waals surface area contributed by atoms with Gasteiger partial charge in [0.1, 0.15) is 11.3 Å².